The van der Waals surface area contributed by atoms with Gasteiger partial charge in [-0.3, -0.25) is 9.59 Å². The van der Waals surface area contributed by atoms with Crippen LogP contribution in [-0.2, 0) is 19.1 Å². The number of unbranched alkanes of at least 4 members (excludes halogenated alkanes) is 18. The van der Waals surface area contributed by atoms with Crippen LogP contribution in [0.5, 0.6) is 0 Å². The number of allylic oxidation sites excluding steroid dienone is 8. The van der Waals surface area contributed by atoms with Crippen molar-refractivity contribution >= 4 is 11.9 Å². The summed E-state index contributed by atoms with van der Waals surface area (Å²) in [7, 11) is 0. The summed E-state index contributed by atoms with van der Waals surface area (Å²) in [6, 6.07) is 0. The highest BCUT2D eigenvalue weighted by Crippen LogP contribution is 2.13. The summed E-state index contributed by atoms with van der Waals surface area (Å²) in [5.74, 6) is -0.626. The minimum Gasteiger partial charge on any atom is -0.462 e. The van der Waals surface area contributed by atoms with Crippen LogP contribution in [0, 0.1) is 0 Å². The van der Waals surface area contributed by atoms with Crippen molar-refractivity contribution in [2.45, 2.75) is 187 Å². The quantitative estimate of drug-likeness (QED) is 0.0429. The van der Waals surface area contributed by atoms with Gasteiger partial charge in [0, 0.05) is 12.8 Å². The van der Waals surface area contributed by atoms with Gasteiger partial charge in [-0.2, -0.15) is 0 Å². The van der Waals surface area contributed by atoms with Crippen molar-refractivity contribution in [3.8, 4) is 0 Å². The average Bonchev–Trinajstić information content (AvgIpc) is 3.06. The van der Waals surface area contributed by atoms with E-state index in [0.29, 0.717) is 12.8 Å². The molecule has 0 aliphatic rings. The van der Waals surface area contributed by atoms with Crippen LogP contribution in [0.25, 0.3) is 0 Å². The van der Waals surface area contributed by atoms with Crippen LogP contribution < -0.4 is 0 Å². The molecule has 1 N–H and O–H groups in total. The van der Waals surface area contributed by atoms with Gasteiger partial charge in [-0.25, -0.2) is 0 Å². The van der Waals surface area contributed by atoms with Gasteiger partial charge in [0.25, 0.3) is 0 Å². The third-order valence-corrected chi connectivity index (χ3v) is 8.13. The van der Waals surface area contributed by atoms with E-state index in [2.05, 4.69) is 62.5 Å². The number of carbonyl (C=O) groups is 2. The Hall–Kier alpha value is -2.14. The molecule has 5 nitrogen and oxygen atoms in total. The number of aliphatic hydroxyl groups excluding tert-OH is 1. The zero-order valence-corrected chi connectivity index (χ0v) is 30.1. The van der Waals surface area contributed by atoms with Gasteiger partial charge in [-0.1, -0.05) is 159 Å². The van der Waals surface area contributed by atoms with Crippen molar-refractivity contribution in [1.82, 2.24) is 0 Å². The normalized spacial score (nSPS) is 12.7. The molecular weight excluding hydrogens is 572 g/mol. The summed E-state index contributed by atoms with van der Waals surface area (Å²) >= 11 is 0. The van der Waals surface area contributed by atoms with Gasteiger partial charge >= 0.3 is 11.9 Å². The highest BCUT2D eigenvalue weighted by molar-refractivity contribution is 5.70. The number of aliphatic hydroxyl groups is 1. The molecule has 0 aliphatic heterocycles. The Morgan fingerprint density at radius 1 is 0.500 bits per heavy atom. The number of ether oxygens (including phenoxy) is 2. The molecule has 0 saturated carbocycles. The number of rotatable bonds is 34. The van der Waals surface area contributed by atoms with E-state index < -0.39 is 6.10 Å². The van der Waals surface area contributed by atoms with Gasteiger partial charge in [-0.15, -0.1) is 0 Å². The third kappa shape index (κ3) is 34.7. The van der Waals surface area contributed by atoms with Crippen molar-refractivity contribution in [1.29, 1.82) is 0 Å². The molecule has 0 saturated heterocycles. The molecule has 0 fully saturated rings. The van der Waals surface area contributed by atoms with E-state index in [-0.39, 0.29) is 25.2 Å². The predicted molar refractivity (Wildman–Crippen MR) is 196 cm³/mol. The Labute approximate surface area is 284 Å². The van der Waals surface area contributed by atoms with Crippen molar-refractivity contribution in [3.63, 3.8) is 0 Å². The molecular formula is C41H72O5. The van der Waals surface area contributed by atoms with Gasteiger partial charge in [0.2, 0.25) is 0 Å². The molecule has 46 heavy (non-hydrogen) atoms. The van der Waals surface area contributed by atoms with Crippen LogP contribution in [-0.4, -0.2) is 36.4 Å². The Kier molecular flexibility index (Phi) is 35.6. The SMILES string of the molecule is CCCCCC=CCC=CCC=CCC=CCCCCCC(=O)OCC(CO)OC(=O)CCCCCCCCCCCCCCC. The summed E-state index contributed by atoms with van der Waals surface area (Å²) in [4.78, 5) is 24.2. The molecule has 0 aromatic carbocycles. The molecule has 0 bridgehead atoms. The molecule has 0 aromatic rings. The largest absolute Gasteiger partial charge is 0.462 e. The zero-order chi connectivity index (χ0) is 33.6. The lowest BCUT2D eigenvalue weighted by Gasteiger charge is -2.15. The minimum absolute atomic E-state index is 0.0815. The van der Waals surface area contributed by atoms with Crippen LogP contribution in [0.4, 0.5) is 0 Å². The van der Waals surface area contributed by atoms with Gasteiger partial charge in [0.1, 0.15) is 6.61 Å². The highest BCUT2D eigenvalue weighted by Gasteiger charge is 2.16. The Morgan fingerprint density at radius 3 is 1.35 bits per heavy atom. The van der Waals surface area contributed by atoms with E-state index in [0.717, 1.165) is 64.2 Å². The van der Waals surface area contributed by atoms with Crippen molar-refractivity contribution in [2.75, 3.05) is 13.2 Å². The lowest BCUT2D eigenvalue weighted by molar-refractivity contribution is -0.161. The van der Waals surface area contributed by atoms with E-state index in [1.807, 2.05) is 0 Å². The lowest BCUT2D eigenvalue weighted by Crippen LogP contribution is -2.28. The van der Waals surface area contributed by atoms with Gasteiger partial charge < -0.3 is 14.6 Å². The molecule has 0 radical (unpaired) electrons. The summed E-state index contributed by atoms with van der Waals surface area (Å²) in [5.41, 5.74) is 0. The molecule has 1 atom stereocenters. The topological polar surface area (TPSA) is 72.8 Å². The van der Waals surface area contributed by atoms with E-state index >= 15 is 0 Å². The zero-order valence-electron chi connectivity index (χ0n) is 30.1. The summed E-state index contributed by atoms with van der Waals surface area (Å²) in [6.07, 6.45) is 45.9. The average molecular weight is 645 g/mol. The molecule has 5 heteroatoms. The van der Waals surface area contributed by atoms with E-state index in [9.17, 15) is 14.7 Å². The maximum Gasteiger partial charge on any atom is 0.306 e. The van der Waals surface area contributed by atoms with Crippen LogP contribution in [0.2, 0.25) is 0 Å². The third-order valence-electron chi connectivity index (χ3n) is 8.13. The number of esters is 2. The summed E-state index contributed by atoms with van der Waals surface area (Å²) in [6.45, 7) is 4.07. The van der Waals surface area contributed by atoms with Crippen molar-refractivity contribution in [2.24, 2.45) is 0 Å². The first-order chi connectivity index (χ1) is 22.6. The second-order valence-electron chi connectivity index (χ2n) is 12.7. The number of carbonyl (C=O) groups excluding carboxylic acids is 2. The molecule has 0 amide bonds. The Morgan fingerprint density at radius 2 is 0.870 bits per heavy atom. The first kappa shape index (κ1) is 43.9. The van der Waals surface area contributed by atoms with Gasteiger partial charge in [-0.05, 0) is 57.8 Å². The lowest BCUT2D eigenvalue weighted by atomic mass is 10.0. The maximum atomic E-state index is 12.1. The maximum absolute atomic E-state index is 12.1. The molecule has 0 rings (SSSR count). The van der Waals surface area contributed by atoms with E-state index in [1.54, 1.807) is 0 Å². The molecule has 266 valence electrons. The fourth-order valence-corrected chi connectivity index (χ4v) is 5.18. The monoisotopic (exact) mass is 645 g/mol. The number of hydrogen-bond acceptors (Lipinski definition) is 5. The van der Waals surface area contributed by atoms with Crippen molar-refractivity contribution in [3.05, 3.63) is 48.6 Å². The molecule has 0 heterocycles. The van der Waals surface area contributed by atoms with Crippen LogP contribution in [0.15, 0.2) is 48.6 Å². The smallest absolute Gasteiger partial charge is 0.306 e. The fraction of sp³-hybridized carbons (Fsp3) is 0.756. The summed E-state index contributed by atoms with van der Waals surface area (Å²) < 4.78 is 10.6. The first-order valence-corrected chi connectivity index (χ1v) is 19.2. The van der Waals surface area contributed by atoms with E-state index in [4.69, 9.17) is 9.47 Å². The van der Waals surface area contributed by atoms with Crippen LogP contribution >= 0.6 is 0 Å². The molecule has 1 unspecified atom stereocenters. The van der Waals surface area contributed by atoms with Crippen molar-refractivity contribution < 1.29 is 24.2 Å². The van der Waals surface area contributed by atoms with E-state index in [1.165, 1.54) is 89.9 Å². The molecule has 0 aromatic heterocycles. The molecule has 0 aliphatic carbocycles. The highest BCUT2D eigenvalue weighted by atomic mass is 16.6. The summed E-state index contributed by atoms with van der Waals surface area (Å²) in [5, 5.41) is 9.53. The number of hydrogen-bond donors (Lipinski definition) is 1. The van der Waals surface area contributed by atoms with Gasteiger partial charge in [0.15, 0.2) is 6.10 Å². The molecule has 0 spiro atoms. The Bertz CT molecular complexity index is 782. The minimum atomic E-state index is -0.782. The Balaban J connectivity index is 3.64. The van der Waals surface area contributed by atoms with Gasteiger partial charge in [0.05, 0.1) is 6.61 Å². The second-order valence-corrected chi connectivity index (χ2v) is 12.7. The predicted octanol–water partition coefficient (Wildman–Crippen LogP) is 11.8. The van der Waals surface area contributed by atoms with Crippen LogP contribution in [0.3, 0.4) is 0 Å². The fourth-order valence-electron chi connectivity index (χ4n) is 5.18. The standard InChI is InChI=1S/C41H72O5/c1-3-5-7-9-11-13-15-17-18-19-20-21-22-24-25-27-29-31-33-35-40(43)45-38-39(37-42)46-41(44)36-34-32-30-28-26-23-16-14-12-10-8-6-4-2/h11,13,17-18,20-21,24-25,39,42H,3-10,12,14-16,19,22-23,26-38H2,1-2H3. The second kappa shape index (κ2) is 37.3. The van der Waals surface area contributed by atoms with Crippen LogP contribution in [0.1, 0.15) is 181 Å². The first-order valence-electron chi connectivity index (χ1n) is 19.2.